The van der Waals surface area contributed by atoms with Crippen molar-refractivity contribution in [2.75, 3.05) is 13.2 Å². The Labute approximate surface area is 164 Å². The van der Waals surface area contributed by atoms with E-state index in [4.69, 9.17) is 14.2 Å². The molecule has 0 N–H and O–H groups in total. The van der Waals surface area contributed by atoms with Crippen LogP contribution in [0, 0.1) is 5.92 Å². The van der Waals surface area contributed by atoms with Gasteiger partial charge in [0.25, 0.3) is 0 Å². The SMILES string of the molecule is CCCCCCCOC(=O)C1C2CCCC1(C(=O)OCCCCCCC)O2. The smallest absolute Gasteiger partial charge is 0.339 e. The number of rotatable bonds is 14. The molecule has 0 radical (unpaired) electrons. The standard InChI is InChI=1S/C22H38O5/c1-3-5-7-9-11-16-25-20(23)19-18-14-13-15-22(19,27-18)21(24)26-17-12-10-8-6-4-2/h18-19H,3-17H2,1-2H3. The summed E-state index contributed by atoms with van der Waals surface area (Å²) in [5, 5.41) is 0. The van der Waals surface area contributed by atoms with Crippen molar-refractivity contribution >= 4 is 11.9 Å². The maximum absolute atomic E-state index is 12.7. The van der Waals surface area contributed by atoms with E-state index in [1.54, 1.807) is 0 Å². The molecule has 3 aliphatic rings. The van der Waals surface area contributed by atoms with Gasteiger partial charge < -0.3 is 14.2 Å². The van der Waals surface area contributed by atoms with Gasteiger partial charge in [-0.1, -0.05) is 65.2 Å². The molecule has 3 unspecified atom stereocenters. The van der Waals surface area contributed by atoms with E-state index >= 15 is 0 Å². The molecule has 0 aromatic rings. The summed E-state index contributed by atoms with van der Waals surface area (Å²) in [6.07, 6.45) is 13.2. The molecule has 3 fully saturated rings. The van der Waals surface area contributed by atoms with Crippen LogP contribution in [0.15, 0.2) is 0 Å². The Morgan fingerprint density at radius 1 is 0.889 bits per heavy atom. The van der Waals surface area contributed by atoms with Crippen molar-refractivity contribution in [3.8, 4) is 0 Å². The molecule has 0 spiro atoms. The van der Waals surface area contributed by atoms with Crippen molar-refractivity contribution in [1.29, 1.82) is 0 Å². The van der Waals surface area contributed by atoms with Crippen LogP contribution in [0.3, 0.4) is 0 Å². The van der Waals surface area contributed by atoms with Crippen molar-refractivity contribution in [3.63, 3.8) is 0 Å². The Balaban J connectivity index is 1.74. The highest BCUT2D eigenvalue weighted by Gasteiger charge is 2.67. The summed E-state index contributed by atoms with van der Waals surface area (Å²) >= 11 is 0. The summed E-state index contributed by atoms with van der Waals surface area (Å²) in [5.41, 5.74) is -1.08. The molecule has 0 amide bonds. The van der Waals surface area contributed by atoms with Crippen LogP contribution in [0.1, 0.15) is 97.3 Å². The van der Waals surface area contributed by atoms with Crippen LogP contribution in [0.2, 0.25) is 0 Å². The summed E-state index contributed by atoms with van der Waals surface area (Å²) in [6.45, 7) is 5.21. The Hall–Kier alpha value is -1.10. The average molecular weight is 383 g/mol. The maximum Gasteiger partial charge on any atom is 0.339 e. The van der Waals surface area contributed by atoms with E-state index in [-0.39, 0.29) is 18.0 Å². The van der Waals surface area contributed by atoms with Gasteiger partial charge >= 0.3 is 11.9 Å². The summed E-state index contributed by atoms with van der Waals surface area (Å²) < 4.78 is 16.8. The highest BCUT2D eigenvalue weighted by Crippen LogP contribution is 2.50. The van der Waals surface area contributed by atoms with Crippen molar-refractivity contribution in [3.05, 3.63) is 0 Å². The third-order valence-corrected chi connectivity index (χ3v) is 5.85. The number of esters is 2. The van der Waals surface area contributed by atoms with Gasteiger partial charge in [0.05, 0.1) is 19.3 Å². The second-order valence-electron chi connectivity index (χ2n) is 8.05. The van der Waals surface area contributed by atoms with Gasteiger partial charge in [0.15, 0.2) is 5.60 Å². The zero-order valence-corrected chi connectivity index (χ0v) is 17.3. The van der Waals surface area contributed by atoms with E-state index in [0.717, 1.165) is 38.5 Å². The monoisotopic (exact) mass is 382 g/mol. The molecule has 2 bridgehead atoms. The van der Waals surface area contributed by atoms with Crippen LogP contribution in [0.4, 0.5) is 0 Å². The minimum Gasteiger partial charge on any atom is -0.465 e. The first-order valence-electron chi connectivity index (χ1n) is 11.2. The molecule has 27 heavy (non-hydrogen) atoms. The van der Waals surface area contributed by atoms with Crippen molar-refractivity contribution in [2.45, 2.75) is 109 Å². The number of ether oxygens (including phenoxy) is 3. The van der Waals surface area contributed by atoms with Crippen LogP contribution in [0.5, 0.6) is 0 Å². The number of hydrogen-bond donors (Lipinski definition) is 0. The van der Waals surface area contributed by atoms with Crippen molar-refractivity contribution in [1.82, 2.24) is 0 Å². The Kier molecular flexibility index (Phi) is 9.60. The largest absolute Gasteiger partial charge is 0.465 e. The van der Waals surface area contributed by atoms with Crippen LogP contribution in [0.25, 0.3) is 0 Å². The first-order valence-corrected chi connectivity index (χ1v) is 11.2. The minimum atomic E-state index is -1.08. The Morgan fingerprint density at radius 2 is 1.48 bits per heavy atom. The molecule has 156 valence electrons. The predicted octanol–water partition coefficient (Wildman–Crippen LogP) is 4.95. The van der Waals surface area contributed by atoms with Gasteiger partial charge in [-0.25, -0.2) is 4.79 Å². The van der Waals surface area contributed by atoms with Gasteiger partial charge in [-0.2, -0.15) is 0 Å². The lowest BCUT2D eigenvalue weighted by atomic mass is 9.67. The summed E-state index contributed by atoms with van der Waals surface area (Å²) in [6, 6.07) is 0. The number of unbranched alkanes of at least 4 members (excludes halogenated alkanes) is 8. The minimum absolute atomic E-state index is 0.177. The van der Waals surface area contributed by atoms with Gasteiger partial charge in [0.1, 0.15) is 5.92 Å². The molecule has 0 aromatic carbocycles. The van der Waals surface area contributed by atoms with E-state index in [1.165, 1.54) is 38.5 Å². The van der Waals surface area contributed by atoms with Gasteiger partial charge in [-0.05, 0) is 32.1 Å². The molecule has 0 aromatic heterocycles. The molecule has 1 saturated carbocycles. The molecule has 5 heteroatoms. The first-order chi connectivity index (χ1) is 13.2. The van der Waals surface area contributed by atoms with E-state index in [0.29, 0.717) is 19.6 Å². The van der Waals surface area contributed by atoms with Gasteiger partial charge in [0.2, 0.25) is 0 Å². The second-order valence-corrected chi connectivity index (χ2v) is 8.05. The molecule has 2 saturated heterocycles. The van der Waals surface area contributed by atoms with Crippen LogP contribution >= 0.6 is 0 Å². The number of carbonyl (C=O) groups is 2. The van der Waals surface area contributed by atoms with E-state index in [9.17, 15) is 9.59 Å². The molecule has 1 aliphatic carbocycles. The first kappa shape index (κ1) is 22.2. The molecular weight excluding hydrogens is 344 g/mol. The molecular formula is C22H38O5. The fourth-order valence-electron chi connectivity index (χ4n) is 4.23. The topological polar surface area (TPSA) is 61.8 Å². The quantitative estimate of drug-likeness (QED) is 0.314. The van der Waals surface area contributed by atoms with E-state index < -0.39 is 11.5 Å². The summed E-state index contributed by atoms with van der Waals surface area (Å²) in [5.74, 6) is -1.12. The van der Waals surface area contributed by atoms with Crippen LogP contribution in [-0.2, 0) is 23.8 Å². The van der Waals surface area contributed by atoms with Gasteiger partial charge in [-0.3, -0.25) is 4.79 Å². The number of hydrogen-bond acceptors (Lipinski definition) is 5. The average Bonchev–Trinajstić information content (AvgIpc) is 2.67. The summed E-state index contributed by atoms with van der Waals surface area (Å²) in [4.78, 5) is 25.2. The normalized spacial score (nSPS) is 26.3. The second kappa shape index (κ2) is 11.7. The Bertz CT molecular complexity index is 460. The molecule has 2 aliphatic heterocycles. The van der Waals surface area contributed by atoms with Crippen molar-refractivity contribution in [2.24, 2.45) is 5.92 Å². The molecule has 2 heterocycles. The van der Waals surface area contributed by atoms with E-state index in [1.807, 2.05) is 0 Å². The van der Waals surface area contributed by atoms with E-state index in [2.05, 4.69) is 13.8 Å². The third-order valence-electron chi connectivity index (χ3n) is 5.85. The predicted molar refractivity (Wildman–Crippen MR) is 104 cm³/mol. The lowest BCUT2D eigenvalue weighted by Gasteiger charge is -2.54. The molecule has 5 nitrogen and oxygen atoms in total. The zero-order chi connectivity index (χ0) is 19.5. The van der Waals surface area contributed by atoms with Crippen LogP contribution < -0.4 is 0 Å². The molecule has 3 atom stereocenters. The fourth-order valence-corrected chi connectivity index (χ4v) is 4.23. The fraction of sp³-hybridized carbons (Fsp3) is 0.909. The maximum atomic E-state index is 12.7. The molecule has 3 rings (SSSR count). The number of fused-ring (bicyclic) bond motifs is 2. The summed E-state index contributed by atoms with van der Waals surface area (Å²) in [7, 11) is 0. The van der Waals surface area contributed by atoms with Gasteiger partial charge in [0, 0.05) is 0 Å². The number of carbonyl (C=O) groups excluding carboxylic acids is 2. The van der Waals surface area contributed by atoms with Gasteiger partial charge in [-0.15, -0.1) is 0 Å². The third kappa shape index (κ3) is 5.94. The van der Waals surface area contributed by atoms with Crippen LogP contribution in [-0.4, -0.2) is 36.9 Å². The Morgan fingerprint density at radius 3 is 2.07 bits per heavy atom. The lowest BCUT2D eigenvalue weighted by molar-refractivity contribution is -0.284. The van der Waals surface area contributed by atoms with Crippen molar-refractivity contribution < 1.29 is 23.8 Å². The lowest BCUT2D eigenvalue weighted by Crippen LogP contribution is -2.70. The highest BCUT2D eigenvalue weighted by molar-refractivity contribution is 5.90. The zero-order valence-electron chi connectivity index (χ0n) is 17.3. The highest BCUT2D eigenvalue weighted by atomic mass is 16.6.